The fourth-order valence-corrected chi connectivity index (χ4v) is 8.92. The molecule has 0 aliphatic heterocycles. The smallest absolute Gasteiger partial charge is 0.0703 e. The molecule has 56 heavy (non-hydrogen) atoms. The minimum Gasteiger partial charge on any atom is -0.309 e. The van der Waals surface area contributed by atoms with Crippen LogP contribution in [0.4, 0.5) is 17.1 Å². The molecule has 2 aromatic heterocycles. The summed E-state index contributed by atoms with van der Waals surface area (Å²) in [4.78, 5) is 7.16. The molecule has 0 unspecified atom stereocenters. The van der Waals surface area contributed by atoms with Crippen LogP contribution in [-0.2, 0) is 0 Å². The summed E-state index contributed by atoms with van der Waals surface area (Å²) >= 11 is 1.88. The highest BCUT2D eigenvalue weighted by Crippen LogP contribution is 2.41. The molecule has 8 aromatic carbocycles. The number of fused-ring (bicyclic) bond motifs is 3. The van der Waals surface area contributed by atoms with Crippen LogP contribution in [-0.4, -0.2) is 4.98 Å². The van der Waals surface area contributed by atoms with Crippen molar-refractivity contribution in [3.63, 3.8) is 0 Å². The monoisotopic (exact) mass is 732 g/mol. The maximum absolute atomic E-state index is 4.89. The highest BCUT2D eigenvalue weighted by Gasteiger charge is 2.15. The summed E-state index contributed by atoms with van der Waals surface area (Å²) < 4.78 is 2.67. The fourth-order valence-electron chi connectivity index (χ4n) is 7.68. The van der Waals surface area contributed by atoms with Gasteiger partial charge in [0.1, 0.15) is 0 Å². The van der Waals surface area contributed by atoms with Crippen LogP contribution in [0.1, 0.15) is 0 Å². The maximum Gasteiger partial charge on any atom is 0.0703 e. The number of hydrogen-bond acceptors (Lipinski definition) is 3. The van der Waals surface area contributed by atoms with Gasteiger partial charge in [-0.2, -0.15) is 0 Å². The van der Waals surface area contributed by atoms with E-state index >= 15 is 0 Å². The zero-order chi connectivity index (χ0) is 37.3. The van der Waals surface area contributed by atoms with Gasteiger partial charge in [-0.3, -0.25) is 4.98 Å². The zero-order valence-corrected chi connectivity index (χ0v) is 31.4. The summed E-state index contributed by atoms with van der Waals surface area (Å²) in [5.74, 6) is 0. The minimum atomic E-state index is 0.952. The Morgan fingerprint density at radius 1 is 0.339 bits per heavy atom. The second-order valence-electron chi connectivity index (χ2n) is 14.0. The summed E-state index contributed by atoms with van der Waals surface area (Å²) in [7, 11) is 0. The highest BCUT2D eigenvalue weighted by molar-refractivity contribution is 7.26. The molecular weight excluding hydrogens is 697 g/mol. The van der Waals surface area contributed by atoms with E-state index in [9.17, 15) is 0 Å². The van der Waals surface area contributed by atoms with Gasteiger partial charge in [-0.1, -0.05) is 164 Å². The summed E-state index contributed by atoms with van der Waals surface area (Å²) in [5.41, 5.74) is 14.9. The summed E-state index contributed by atoms with van der Waals surface area (Å²) in [6.07, 6.45) is 1.97. The van der Waals surface area contributed by atoms with Gasteiger partial charge in [0.2, 0.25) is 0 Å². The van der Waals surface area contributed by atoms with Gasteiger partial charge in [-0.05, 0) is 93.0 Å². The standard InChI is InChI=1S/C53H36N2S/c1-3-11-37(12-4-1)39-25-29-45(30-26-39)55(47-33-34-51(54-36-47)42-13-5-2-6-14-42)46-31-27-40(28-32-46)38-21-23-41(24-22-38)43-15-9-16-44(35-43)48-18-10-19-50-49-17-7-8-20-52(49)56-53(48)50/h1-36H. The van der Waals surface area contributed by atoms with Gasteiger partial charge in [0.15, 0.2) is 0 Å². The number of anilines is 3. The molecular formula is C53H36N2S. The number of aromatic nitrogens is 1. The van der Waals surface area contributed by atoms with Crippen LogP contribution in [0.2, 0.25) is 0 Å². The number of pyridine rings is 1. The van der Waals surface area contributed by atoms with Crippen LogP contribution >= 0.6 is 11.3 Å². The molecule has 0 N–H and O–H groups in total. The molecule has 2 nitrogen and oxygen atoms in total. The molecule has 0 aliphatic rings. The van der Waals surface area contributed by atoms with Crippen molar-refractivity contribution in [1.29, 1.82) is 0 Å². The largest absolute Gasteiger partial charge is 0.309 e. The number of nitrogens with zero attached hydrogens (tertiary/aromatic N) is 2. The topological polar surface area (TPSA) is 16.1 Å². The van der Waals surface area contributed by atoms with Crippen LogP contribution in [0.15, 0.2) is 219 Å². The molecule has 0 saturated heterocycles. The van der Waals surface area contributed by atoms with E-state index in [2.05, 4.69) is 199 Å². The lowest BCUT2D eigenvalue weighted by Gasteiger charge is -2.26. The molecule has 0 amide bonds. The van der Waals surface area contributed by atoms with Crippen LogP contribution < -0.4 is 4.90 Å². The van der Waals surface area contributed by atoms with Crippen molar-refractivity contribution in [2.24, 2.45) is 0 Å². The first kappa shape index (κ1) is 33.5. The molecule has 3 heteroatoms. The number of benzene rings is 8. The van der Waals surface area contributed by atoms with E-state index in [4.69, 9.17) is 4.98 Å². The third-order valence-corrected chi connectivity index (χ3v) is 11.8. The Bertz CT molecular complexity index is 2830. The lowest BCUT2D eigenvalue weighted by atomic mass is 9.96. The van der Waals surface area contributed by atoms with Gasteiger partial charge in [-0.15, -0.1) is 11.3 Å². The lowest BCUT2D eigenvalue weighted by molar-refractivity contribution is 1.23. The van der Waals surface area contributed by atoms with Crippen molar-refractivity contribution < 1.29 is 0 Å². The Morgan fingerprint density at radius 3 is 1.46 bits per heavy atom. The van der Waals surface area contributed by atoms with Crippen LogP contribution in [0.5, 0.6) is 0 Å². The molecule has 0 bridgehead atoms. The number of thiophene rings is 1. The van der Waals surface area contributed by atoms with Gasteiger partial charge in [0.25, 0.3) is 0 Å². The predicted molar refractivity (Wildman–Crippen MR) is 239 cm³/mol. The maximum atomic E-state index is 4.89. The quantitative estimate of drug-likeness (QED) is 0.155. The van der Waals surface area contributed by atoms with Crippen LogP contribution in [0.25, 0.3) is 75.9 Å². The van der Waals surface area contributed by atoms with Gasteiger partial charge < -0.3 is 4.90 Å². The molecule has 0 radical (unpaired) electrons. The second-order valence-corrected chi connectivity index (χ2v) is 15.1. The summed E-state index contributed by atoms with van der Waals surface area (Å²) in [5, 5.41) is 2.65. The van der Waals surface area contributed by atoms with Gasteiger partial charge in [-0.25, -0.2) is 0 Å². The predicted octanol–water partition coefficient (Wildman–Crippen LogP) is 15.3. The Morgan fingerprint density at radius 2 is 0.821 bits per heavy atom. The Hall–Kier alpha value is -7.07. The normalized spacial score (nSPS) is 11.2. The molecule has 0 saturated carbocycles. The van der Waals surface area contributed by atoms with Crippen LogP contribution in [0, 0.1) is 0 Å². The van der Waals surface area contributed by atoms with Crippen molar-refractivity contribution in [2.45, 2.75) is 0 Å². The van der Waals surface area contributed by atoms with E-state index in [1.165, 1.54) is 64.7 Å². The third kappa shape index (κ3) is 6.45. The van der Waals surface area contributed by atoms with Crippen molar-refractivity contribution in [1.82, 2.24) is 4.98 Å². The van der Waals surface area contributed by atoms with E-state index in [1.54, 1.807) is 0 Å². The molecule has 10 aromatic rings. The third-order valence-electron chi connectivity index (χ3n) is 10.6. The Balaban J connectivity index is 0.941. The van der Waals surface area contributed by atoms with Gasteiger partial charge >= 0.3 is 0 Å². The van der Waals surface area contributed by atoms with E-state index in [0.29, 0.717) is 0 Å². The molecule has 264 valence electrons. The summed E-state index contributed by atoms with van der Waals surface area (Å²) in [6, 6.07) is 76.0. The molecule has 2 heterocycles. The van der Waals surface area contributed by atoms with Crippen molar-refractivity contribution in [2.75, 3.05) is 4.90 Å². The molecule has 0 spiro atoms. The lowest BCUT2D eigenvalue weighted by Crippen LogP contribution is -2.10. The Kier molecular flexibility index (Phi) is 8.75. The zero-order valence-electron chi connectivity index (χ0n) is 30.6. The molecule has 0 atom stereocenters. The van der Waals surface area contributed by atoms with E-state index in [1.807, 2.05) is 35.7 Å². The van der Waals surface area contributed by atoms with Gasteiger partial charge in [0.05, 0.1) is 17.6 Å². The minimum absolute atomic E-state index is 0.952. The molecule has 0 fully saturated rings. The first-order chi connectivity index (χ1) is 27.7. The molecule has 10 rings (SSSR count). The average Bonchev–Trinajstić information content (AvgIpc) is 3.67. The average molecular weight is 733 g/mol. The highest BCUT2D eigenvalue weighted by atomic mass is 32.1. The summed E-state index contributed by atoms with van der Waals surface area (Å²) in [6.45, 7) is 0. The van der Waals surface area contributed by atoms with Gasteiger partial charge in [0, 0.05) is 37.1 Å². The second kappa shape index (κ2) is 14.6. The van der Waals surface area contributed by atoms with Crippen molar-refractivity contribution >= 4 is 48.6 Å². The molecule has 0 aliphatic carbocycles. The van der Waals surface area contributed by atoms with Crippen LogP contribution in [0.3, 0.4) is 0 Å². The SMILES string of the molecule is c1ccc(-c2ccc(N(c3ccc(-c4ccc(-c5cccc(-c6cccc7c6sc6ccccc67)c5)cc4)cc3)c3ccc(-c4ccccc4)nc3)cc2)cc1. The number of rotatable bonds is 8. The van der Waals surface area contributed by atoms with Crippen molar-refractivity contribution in [3.05, 3.63) is 219 Å². The van der Waals surface area contributed by atoms with Crippen molar-refractivity contribution in [3.8, 4) is 55.8 Å². The van der Waals surface area contributed by atoms with E-state index < -0.39 is 0 Å². The fraction of sp³-hybridized carbons (Fsp3) is 0. The van der Waals surface area contributed by atoms with E-state index in [0.717, 1.165) is 28.3 Å². The van der Waals surface area contributed by atoms with E-state index in [-0.39, 0.29) is 0 Å². The first-order valence-corrected chi connectivity index (χ1v) is 19.8. The number of hydrogen-bond donors (Lipinski definition) is 0. The first-order valence-electron chi connectivity index (χ1n) is 18.9. The Labute approximate surface area is 331 Å².